The Hall–Kier alpha value is -2.43. The molecule has 0 aromatic rings. The third kappa shape index (κ3) is 14.4. The number of ketones is 1. The lowest BCUT2D eigenvalue weighted by Gasteiger charge is -2.24. The molecule has 0 unspecified atom stereocenters. The van der Waals surface area contributed by atoms with E-state index in [1.54, 1.807) is 0 Å². The predicted molar refractivity (Wildman–Crippen MR) is 131 cm³/mol. The minimum atomic E-state index is -0.766. The van der Waals surface area contributed by atoms with Crippen LogP contribution in [0.1, 0.15) is 59.3 Å². The van der Waals surface area contributed by atoms with Gasteiger partial charge < -0.3 is 27.0 Å². The predicted octanol–water partition coefficient (Wildman–Crippen LogP) is 1.28. The summed E-state index contributed by atoms with van der Waals surface area (Å²) in [7, 11) is 0. The van der Waals surface area contributed by atoms with Gasteiger partial charge in [0, 0.05) is 30.4 Å². The third-order valence-electron chi connectivity index (χ3n) is 4.89. The molecule has 0 aliphatic rings. The minimum Gasteiger partial charge on any atom is -0.352 e. The molecule has 0 spiro atoms. The van der Waals surface area contributed by atoms with Crippen LogP contribution in [0, 0.1) is 5.92 Å². The number of nitrogens with two attached hydrogens (primary N) is 1. The molecule has 0 saturated heterocycles. The summed E-state index contributed by atoms with van der Waals surface area (Å²) in [6.45, 7) is 9.45. The smallest absolute Gasteiger partial charge is 0.312 e. The standard InChI is InChI=1S/C22H38BrN5O5/c1-14(2)19(21(32)27-17(16(4)29)9-8-12-26-22(24)33)28-18(30)10-6-5-7-11-25-20(31)15(3)13-23/h14,17,19H,3,5-13H2,1-2,4H3,(H,25,31)(H,27,32)(H,28,30)(H3,24,26,33)/t17-,19-/m0/s1. The largest absolute Gasteiger partial charge is 0.352 e. The van der Waals surface area contributed by atoms with Gasteiger partial charge in [0.2, 0.25) is 17.7 Å². The molecule has 0 aromatic heterocycles. The second-order valence-electron chi connectivity index (χ2n) is 8.20. The molecule has 11 heteroatoms. The maximum absolute atomic E-state index is 12.7. The number of primary amides is 1. The number of halogens is 1. The van der Waals surface area contributed by atoms with Gasteiger partial charge >= 0.3 is 6.03 Å². The first-order valence-corrected chi connectivity index (χ1v) is 12.3. The van der Waals surface area contributed by atoms with Gasteiger partial charge in [-0.3, -0.25) is 19.2 Å². The molecule has 33 heavy (non-hydrogen) atoms. The van der Waals surface area contributed by atoms with Crippen LogP contribution >= 0.6 is 15.9 Å². The Balaban J connectivity index is 4.46. The summed E-state index contributed by atoms with van der Waals surface area (Å²) in [5, 5.41) is 11.1. The van der Waals surface area contributed by atoms with Crippen molar-refractivity contribution >= 4 is 45.5 Å². The summed E-state index contributed by atoms with van der Waals surface area (Å²) in [6.07, 6.45) is 3.17. The molecule has 0 rings (SSSR count). The van der Waals surface area contributed by atoms with Crippen molar-refractivity contribution in [3.63, 3.8) is 0 Å². The van der Waals surface area contributed by atoms with Gasteiger partial charge in [0.15, 0.2) is 5.78 Å². The number of amides is 5. The van der Waals surface area contributed by atoms with Crippen LogP contribution in [0.3, 0.4) is 0 Å². The SMILES string of the molecule is C=C(CBr)C(=O)NCCCCCC(=O)N[C@H](C(=O)N[C@@H](CCCNC(N)=O)C(C)=O)C(C)C. The summed E-state index contributed by atoms with van der Waals surface area (Å²) in [5.74, 6) is -1.23. The number of alkyl halides is 1. The molecule has 0 bridgehead atoms. The van der Waals surface area contributed by atoms with Crippen molar-refractivity contribution in [2.45, 2.75) is 71.4 Å². The van der Waals surface area contributed by atoms with Gasteiger partial charge in [-0.2, -0.15) is 0 Å². The van der Waals surface area contributed by atoms with Crippen molar-refractivity contribution < 1.29 is 24.0 Å². The summed E-state index contributed by atoms with van der Waals surface area (Å²) >= 11 is 3.18. The molecule has 0 fully saturated rings. The van der Waals surface area contributed by atoms with Crippen molar-refractivity contribution in [3.8, 4) is 0 Å². The highest BCUT2D eigenvalue weighted by Crippen LogP contribution is 2.07. The molecular weight excluding hydrogens is 494 g/mol. The Morgan fingerprint density at radius 1 is 0.939 bits per heavy atom. The number of rotatable bonds is 17. The van der Waals surface area contributed by atoms with Crippen LogP contribution in [0.2, 0.25) is 0 Å². The van der Waals surface area contributed by atoms with Crippen LogP contribution in [0.15, 0.2) is 12.2 Å². The lowest BCUT2D eigenvalue weighted by molar-refractivity contribution is -0.132. The van der Waals surface area contributed by atoms with Crippen LogP contribution in [-0.2, 0) is 19.2 Å². The zero-order valence-electron chi connectivity index (χ0n) is 19.8. The van der Waals surface area contributed by atoms with Crippen LogP contribution < -0.4 is 27.0 Å². The maximum atomic E-state index is 12.7. The average molecular weight is 532 g/mol. The molecule has 188 valence electrons. The fraction of sp³-hybridized carbons (Fsp3) is 0.682. The zero-order valence-corrected chi connectivity index (χ0v) is 21.4. The highest BCUT2D eigenvalue weighted by atomic mass is 79.9. The van der Waals surface area contributed by atoms with Crippen LogP contribution in [0.25, 0.3) is 0 Å². The fourth-order valence-electron chi connectivity index (χ4n) is 2.91. The Labute approximate surface area is 204 Å². The summed E-state index contributed by atoms with van der Waals surface area (Å²) in [5.41, 5.74) is 5.47. The monoisotopic (exact) mass is 531 g/mol. The number of Topliss-reactive ketones (excluding diaryl/α,β-unsaturated/α-hetero) is 1. The molecule has 10 nitrogen and oxygen atoms in total. The van der Waals surface area contributed by atoms with E-state index in [2.05, 4.69) is 43.8 Å². The van der Waals surface area contributed by atoms with E-state index in [1.807, 2.05) is 13.8 Å². The number of hydrogen-bond donors (Lipinski definition) is 5. The molecule has 5 amide bonds. The molecule has 0 radical (unpaired) electrons. The average Bonchev–Trinajstić information content (AvgIpc) is 2.74. The molecule has 2 atom stereocenters. The summed E-state index contributed by atoms with van der Waals surface area (Å²) in [6, 6.07) is -2.12. The van der Waals surface area contributed by atoms with Crippen molar-refractivity contribution in [2.24, 2.45) is 11.7 Å². The number of hydrogen-bond acceptors (Lipinski definition) is 5. The highest BCUT2D eigenvalue weighted by molar-refractivity contribution is 9.09. The van der Waals surface area contributed by atoms with E-state index < -0.39 is 24.0 Å². The second-order valence-corrected chi connectivity index (χ2v) is 8.76. The summed E-state index contributed by atoms with van der Waals surface area (Å²) in [4.78, 5) is 59.3. The van der Waals surface area contributed by atoms with E-state index in [1.165, 1.54) is 6.92 Å². The topological polar surface area (TPSA) is 159 Å². The first-order valence-electron chi connectivity index (χ1n) is 11.1. The molecular formula is C22H38BrN5O5. The summed E-state index contributed by atoms with van der Waals surface area (Å²) < 4.78 is 0. The highest BCUT2D eigenvalue weighted by Gasteiger charge is 2.27. The van der Waals surface area contributed by atoms with Gasteiger partial charge in [0.05, 0.1) is 6.04 Å². The number of urea groups is 1. The fourth-order valence-corrected chi connectivity index (χ4v) is 3.17. The third-order valence-corrected chi connectivity index (χ3v) is 5.57. The Morgan fingerprint density at radius 2 is 1.58 bits per heavy atom. The van der Waals surface area contributed by atoms with E-state index in [0.717, 1.165) is 12.8 Å². The van der Waals surface area contributed by atoms with Gasteiger partial charge in [0.25, 0.3) is 0 Å². The van der Waals surface area contributed by atoms with Crippen molar-refractivity contribution in [1.82, 2.24) is 21.3 Å². The molecule has 0 aliphatic carbocycles. The van der Waals surface area contributed by atoms with E-state index in [-0.39, 0.29) is 29.9 Å². The normalized spacial score (nSPS) is 12.4. The molecule has 0 saturated carbocycles. The number of nitrogens with one attached hydrogen (secondary N) is 4. The lowest BCUT2D eigenvalue weighted by Crippen LogP contribution is -2.53. The van der Waals surface area contributed by atoms with E-state index in [0.29, 0.717) is 43.3 Å². The molecule has 6 N–H and O–H groups in total. The van der Waals surface area contributed by atoms with E-state index >= 15 is 0 Å². The first-order chi connectivity index (χ1) is 15.5. The quantitative estimate of drug-likeness (QED) is 0.108. The molecule has 0 aromatic carbocycles. The number of carbonyl (C=O) groups excluding carboxylic acids is 5. The number of unbranched alkanes of at least 4 members (excludes halogenated alkanes) is 2. The second kappa shape index (κ2) is 17.1. The zero-order chi connectivity index (χ0) is 25.4. The lowest BCUT2D eigenvalue weighted by atomic mass is 10.0. The van der Waals surface area contributed by atoms with Gasteiger partial charge in [-0.25, -0.2) is 4.79 Å². The van der Waals surface area contributed by atoms with E-state index in [9.17, 15) is 24.0 Å². The van der Waals surface area contributed by atoms with Crippen molar-refractivity contribution in [2.75, 3.05) is 18.4 Å². The van der Waals surface area contributed by atoms with Gasteiger partial charge in [-0.05, 0) is 38.5 Å². The Bertz CT molecular complexity index is 699. The Morgan fingerprint density at radius 3 is 2.12 bits per heavy atom. The van der Waals surface area contributed by atoms with Gasteiger partial charge in [0.1, 0.15) is 6.04 Å². The van der Waals surface area contributed by atoms with Crippen LogP contribution in [-0.4, -0.2) is 60.0 Å². The van der Waals surface area contributed by atoms with Crippen LogP contribution in [0.4, 0.5) is 4.79 Å². The van der Waals surface area contributed by atoms with Crippen molar-refractivity contribution in [1.29, 1.82) is 0 Å². The van der Waals surface area contributed by atoms with Gasteiger partial charge in [-0.15, -0.1) is 0 Å². The minimum absolute atomic E-state index is 0.171. The molecule has 0 heterocycles. The maximum Gasteiger partial charge on any atom is 0.312 e. The number of carbonyl (C=O) groups is 5. The van der Waals surface area contributed by atoms with Crippen LogP contribution in [0.5, 0.6) is 0 Å². The molecule has 0 aliphatic heterocycles. The van der Waals surface area contributed by atoms with Crippen molar-refractivity contribution in [3.05, 3.63) is 12.2 Å². The first kappa shape index (κ1) is 30.6. The van der Waals surface area contributed by atoms with E-state index in [4.69, 9.17) is 5.73 Å². The Kier molecular flexibility index (Phi) is 15.8. The van der Waals surface area contributed by atoms with Gasteiger partial charge in [-0.1, -0.05) is 42.8 Å².